The van der Waals surface area contributed by atoms with Crippen LogP contribution in [0.5, 0.6) is 0 Å². The zero-order valence-corrected chi connectivity index (χ0v) is 19.9. The van der Waals surface area contributed by atoms with Crippen molar-refractivity contribution in [1.29, 1.82) is 0 Å². The minimum atomic E-state index is -1.69. The zero-order chi connectivity index (χ0) is 27.4. The first-order valence-corrected chi connectivity index (χ1v) is 11.2. The summed E-state index contributed by atoms with van der Waals surface area (Å²) in [6.07, 6.45) is 1.54. The Balaban J connectivity index is 2.97. The van der Waals surface area contributed by atoms with Gasteiger partial charge in [0, 0.05) is 24.7 Å². The maximum Gasteiger partial charge on any atom is 0.326 e. The second-order valence-corrected chi connectivity index (χ2v) is 8.25. The topological polar surface area (TPSA) is 254 Å². The Hall–Kier alpha value is -4.01. The lowest BCUT2D eigenvalue weighted by Gasteiger charge is -2.27. The highest BCUT2D eigenvalue weighted by Gasteiger charge is 2.33. The van der Waals surface area contributed by atoms with E-state index >= 15 is 0 Å². The highest BCUT2D eigenvalue weighted by atomic mass is 16.4. The number of H-pyrrole nitrogens is 1. The molecule has 0 aliphatic carbocycles. The number of carboxylic acid groups (broad SMARTS) is 3. The predicted molar refractivity (Wildman–Crippen MR) is 122 cm³/mol. The van der Waals surface area contributed by atoms with E-state index in [1.807, 2.05) is 0 Å². The van der Waals surface area contributed by atoms with Crippen LogP contribution >= 0.6 is 0 Å². The van der Waals surface area contributed by atoms with Crippen LogP contribution in [0.2, 0.25) is 0 Å². The Morgan fingerprint density at radius 1 is 0.972 bits per heavy atom. The van der Waals surface area contributed by atoms with Crippen molar-refractivity contribution in [2.45, 2.75) is 70.1 Å². The number of nitrogens with one attached hydrogen (secondary N) is 4. The van der Waals surface area contributed by atoms with Crippen molar-refractivity contribution in [1.82, 2.24) is 25.9 Å². The number of imidazole rings is 1. The number of aromatic amines is 1. The summed E-state index contributed by atoms with van der Waals surface area (Å²) in [5.41, 5.74) is 6.51. The van der Waals surface area contributed by atoms with Gasteiger partial charge in [-0.15, -0.1) is 0 Å². The van der Waals surface area contributed by atoms with Crippen molar-refractivity contribution in [2.24, 2.45) is 11.7 Å². The summed E-state index contributed by atoms with van der Waals surface area (Å²) in [6.45, 7) is 3.41. The molecule has 1 rings (SSSR count). The molecule has 1 aromatic heterocycles. The van der Waals surface area contributed by atoms with Crippen LogP contribution in [0.1, 0.15) is 45.2 Å². The molecule has 1 aromatic rings. The Labute approximate surface area is 206 Å². The number of nitrogens with two attached hydrogens (primary N) is 1. The largest absolute Gasteiger partial charge is 0.481 e. The third kappa shape index (κ3) is 10.1. The summed E-state index contributed by atoms with van der Waals surface area (Å²) in [5.74, 6) is -7.38. The molecule has 0 spiro atoms. The molecular formula is C21H32N6O9. The lowest BCUT2D eigenvalue weighted by Crippen LogP contribution is -2.59. The standard InChI is InChI=1S/C21H32N6O9/c1-3-10(2)17(27-18(32)12(22)6-11-8-23-9-24-11)20(34)26-14(7-16(30)31)19(33)25-13(21(35)36)4-5-15(28)29/h8-10,12-14,17H,3-7,22H2,1-2H3,(H,23,24)(H,25,33)(H,26,34)(H,27,32)(H,28,29)(H,30,31)(H,35,36). The molecule has 1 heterocycles. The van der Waals surface area contributed by atoms with Crippen LogP contribution in [0.4, 0.5) is 0 Å². The molecule has 36 heavy (non-hydrogen) atoms. The minimum absolute atomic E-state index is 0.109. The van der Waals surface area contributed by atoms with E-state index in [9.17, 15) is 39.0 Å². The van der Waals surface area contributed by atoms with E-state index in [2.05, 4.69) is 25.9 Å². The number of aromatic nitrogens is 2. The van der Waals surface area contributed by atoms with Gasteiger partial charge < -0.3 is 42.0 Å². The summed E-state index contributed by atoms with van der Waals surface area (Å²) in [5, 5.41) is 34.0. The number of aliphatic carboxylic acids is 3. The van der Waals surface area contributed by atoms with Crippen LogP contribution in [0, 0.1) is 5.92 Å². The molecule has 9 N–H and O–H groups in total. The van der Waals surface area contributed by atoms with E-state index in [1.54, 1.807) is 13.8 Å². The Kier molecular flexibility index (Phi) is 12.0. The molecule has 0 aliphatic heterocycles. The third-order valence-corrected chi connectivity index (χ3v) is 5.40. The van der Waals surface area contributed by atoms with Gasteiger partial charge in [0.05, 0.1) is 18.8 Å². The van der Waals surface area contributed by atoms with Crippen LogP contribution < -0.4 is 21.7 Å². The normalized spacial score (nSPS) is 15.0. The van der Waals surface area contributed by atoms with E-state index < -0.39 is 85.0 Å². The molecule has 0 aromatic carbocycles. The number of hydrogen-bond acceptors (Lipinski definition) is 8. The first-order chi connectivity index (χ1) is 16.8. The van der Waals surface area contributed by atoms with Gasteiger partial charge in [0.15, 0.2) is 0 Å². The molecule has 3 amide bonds. The first-order valence-electron chi connectivity index (χ1n) is 11.2. The Morgan fingerprint density at radius 2 is 1.61 bits per heavy atom. The fourth-order valence-corrected chi connectivity index (χ4v) is 3.13. The average molecular weight is 513 g/mol. The summed E-state index contributed by atoms with van der Waals surface area (Å²) in [4.78, 5) is 78.3. The van der Waals surface area contributed by atoms with Gasteiger partial charge in [-0.2, -0.15) is 0 Å². The molecule has 0 saturated heterocycles. The molecule has 0 fully saturated rings. The molecule has 200 valence electrons. The minimum Gasteiger partial charge on any atom is -0.481 e. The maximum atomic E-state index is 13.0. The fourth-order valence-electron chi connectivity index (χ4n) is 3.13. The number of carbonyl (C=O) groups excluding carboxylic acids is 3. The second kappa shape index (κ2) is 14.4. The van der Waals surface area contributed by atoms with Gasteiger partial charge in [0.1, 0.15) is 18.1 Å². The summed E-state index contributed by atoms with van der Waals surface area (Å²) in [7, 11) is 0. The van der Waals surface area contributed by atoms with E-state index in [-0.39, 0.29) is 6.42 Å². The highest BCUT2D eigenvalue weighted by molar-refractivity contribution is 5.95. The van der Waals surface area contributed by atoms with E-state index in [4.69, 9.17) is 10.8 Å². The molecule has 15 heteroatoms. The van der Waals surface area contributed by atoms with Crippen LogP contribution in [0.3, 0.4) is 0 Å². The van der Waals surface area contributed by atoms with Gasteiger partial charge in [0.2, 0.25) is 17.7 Å². The molecule has 15 nitrogen and oxygen atoms in total. The molecular weight excluding hydrogens is 480 g/mol. The molecule has 5 atom stereocenters. The van der Waals surface area contributed by atoms with Crippen molar-refractivity contribution in [3.05, 3.63) is 18.2 Å². The molecule has 0 aliphatic rings. The van der Waals surface area contributed by atoms with Crippen molar-refractivity contribution in [3.63, 3.8) is 0 Å². The SMILES string of the molecule is CCC(C)C(NC(=O)C(N)Cc1cnc[nH]1)C(=O)NC(CC(=O)O)C(=O)NC(CCC(=O)O)C(=O)O. The third-order valence-electron chi connectivity index (χ3n) is 5.40. The predicted octanol–water partition coefficient (Wildman–Crippen LogP) is -1.80. The summed E-state index contributed by atoms with van der Waals surface area (Å²) < 4.78 is 0. The quantitative estimate of drug-likeness (QED) is 0.123. The summed E-state index contributed by atoms with van der Waals surface area (Å²) in [6, 6.07) is -5.52. The van der Waals surface area contributed by atoms with Crippen molar-refractivity contribution < 1.29 is 44.1 Å². The number of nitrogens with zero attached hydrogens (tertiary/aromatic N) is 1. The van der Waals surface area contributed by atoms with E-state index in [0.717, 1.165) is 0 Å². The Bertz CT molecular complexity index is 936. The smallest absolute Gasteiger partial charge is 0.326 e. The monoisotopic (exact) mass is 512 g/mol. The highest BCUT2D eigenvalue weighted by Crippen LogP contribution is 2.10. The maximum absolute atomic E-state index is 13.0. The number of amides is 3. The van der Waals surface area contributed by atoms with Crippen molar-refractivity contribution >= 4 is 35.6 Å². The molecule has 5 unspecified atom stereocenters. The van der Waals surface area contributed by atoms with Crippen LogP contribution in [-0.4, -0.2) is 85.1 Å². The average Bonchev–Trinajstić information content (AvgIpc) is 3.31. The van der Waals surface area contributed by atoms with Gasteiger partial charge in [0.25, 0.3) is 0 Å². The van der Waals surface area contributed by atoms with Crippen LogP contribution in [-0.2, 0) is 35.2 Å². The number of hydrogen-bond donors (Lipinski definition) is 8. The second-order valence-electron chi connectivity index (χ2n) is 8.25. The van der Waals surface area contributed by atoms with Crippen LogP contribution in [0.15, 0.2) is 12.5 Å². The number of rotatable bonds is 16. The lowest BCUT2D eigenvalue weighted by atomic mass is 9.97. The Morgan fingerprint density at radius 3 is 2.11 bits per heavy atom. The zero-order valence-electron chi connectivity index (χ0n) is 19.9. The fraction of sp³-hybridized carbons (Fsp3) is 0.571. The van der Waals surface area contributed by atoms with Gasteiger partial charge in [-0.1, -0.05) is 20.3 Å². The number of carboxylic acids is 3. The van der Waals surface area contributed by atoms with Gasteiger partial charge in [-0.05, 0) is 12.3 Å². The molecule has 0 saturated carbocycles. The first kappa shape index (κ1) is 30.0. The van der Waals surface area contributed by atoms with E-state index in [0.29, 0.717) is 12.1 Å². The van der Waals surface area contributed by atoms with Gasteiger partial charge in [-0.3, -0.25) is 24.0 Å². The molecule has 0 radical (unpaired) electrons. The van der Waals surface area contributed by atoms with E-state index in [1.165, 1.54) is 12.5 Å². The van der Waals surface area contributed by atoms with Crippen molar-refractivity contribution in [3.8, 4) is 0 Å². The van der Waals surface area contributed by atoms with Crippen molar-refractivity contribution in [2.75, 3.05) is 0 Å². The van der Waals surface area contributed by atoms with Gasteiger partial charge >= 0.3 is 17.9 Å². The summed E-state index contributed by atoms with van der Waals surface area (Å²) >= 11 is 0. The van der Waals surface area contributed by atoms with Gasteiger partial charge in [-0.25, -0.2) is 9.78 Å². The molecule has 0 bridgehead atoms. The van der Waals surface area contributed by atoms with Crippen LogP contribution in [0.25, 0.3) is 0 Å². The lowest BCUT2D eigenvalue weighted by molar-refractivity contribution is -0.144. The number of carbonyl (C=O) groups is 6.